The van der Waals surface area contributed by atoms with Crippen molar-refractivity contribution in [3.63, 3.8) is 0 Å². The molecule has 0 saturated carbocycles. The molecule has 0 aliphatic carbocycles. The quantitative estimate of drug-likeness (QED) is 0.723. The van der Waals surface area contributed by atoms with Gasteiger partial charge in [-0.1, -0.05) is 12.1 Å². The van der Waals surface area contributed by atoms with E-state index >= 15 is 0 Å². The van der Waals surface area contributed by atoms with Gasteiger partial charge < -0.3 is 19.3 Å². The SMILES string of the molecule is CCOc1ccccc1OCC(=O)N1CCCC1C(=O)N(CC)CC. The lowest BCUT2D eigenvalue weighted by Crippen LogP contribution is -2.48. The van der Waals surface area contributed by atoms with Crippen LogP contribution in [0.2, 0.25) is 0 Å². The summed E-state index contributed by atoms with van der Waals surface area (Å²) >= 11 is 0. The molecule has 0 radical (unpaired) electrons. The van der Waals surface area contributed by atoms with Crippen molar-refractivity contribution in [3.8, 4) is 11.5 Å². The normalized spacial score (nSPS) is 16.6. The molecule has 25 heavy (non-hydrogen) atoms. The second-order valence-corrected chi connectivity index (χ2v) is 5.92. The second kappa shape index (κ2) is 9.30. The van der Waals surface area contributed by atoms with Crippen molar-refractivity contribution in [1.29, 1.82) is 0 Å². The van der Waals surface area contributed by atoms with Gasteiger partial charge in [-0.3, -0.25) is 9.59 Å². The molecule has 1 unspecified atom stereocenters. The Kier molecular flexibility index (Phi) is 7.10. The number of benzene rings is 1. The van der Waals surface area contributed by atoms with Crippen LogP contribution in [0.25, 0.3) is 0 Å². The molecule has 2 rings (SSSR count). The van der Waals surface area contributed by atoms with Crippen molar-refractivity contribution in [3.05, 3.63) is 24.3 Å². The molecule has 138 valence electrons. The molecule has 1 saturated heterocycles. The molecule has 0 aromatic heterocycles. The fraction of sp³-hybridized carbons (Fsp3) is 0.579. The van der Waals surface area contributed by atoms with E-state index in [1.807, 2.05) is 39.0 Å². The summed E-state index contributed by atoms with van der Waals surface area (Å²) < 4.78 is 11.2. The third-order valence-corrected chi connectivity index (χ3v) is 4.43. The average molecular weight is 348 g/mol. The van der Waals surface area contributed by atoms with Gasteiger partial charge in [-0.25, -0.2) is 0 Å². The minimum absolute atomic E-state index is 0.0329. The van der Waals surface area contributed by atoms with Crippen LogP contribution in [-0.4, -0.2) is 60.5 Å². The molecule has 6 heteroatoms. The molecule has 6 nitrogen and oxygen atoms in total. The Morgan fingerprint density at radius 3 is 2.36 bits per heavy atom. The number of amides is 2. The van der Waals surface area contributed by atoms with E-state index in [1.54, 1.807) is 15.9 Å². The van der Waals surface area contributed by atoms with E-state index in [9.17, 15) is 9.59 Å². The molecule has 2 amide bonds. The zero-order valence-corrected chi connectivity index (χ0v) is 15.4. The summed E-state index contributed by atoms with van der Waals surface area (Å²) in [6.45, 7) is 8.17. The van der Waals surface area contributed by atoms with Crippen LogP contribution in [0.4, 0.5) is 0 Å². The van der Waals surface area contributed by atoms with E-state index in [0.29, 0.717) is 37.7 Å². The van der Waals surface area contributed by atoms with Crippen molar-refractivity contribution in [2.24, 2.45) is 0 Å². The number of carbonyl (C=O) groups is 2. The predicted molar refractivity (Wildman–Crippen MR) is 95.8 cm³/mol. The Bertz CT molecular complexity index is 587. The highest BCUT2D eigenvalue weighted by atomic mass is 16.5. The van der Waals surface area contributed by atoms with Gasteiger partial charge in [-0.05, 0) is 45.7 Å². The van der Waals surface area contributed by atoms with Crippen LogP contribution in [0.3, 0.4) is 0 Å². The second-order valence-electron chi connectivity index (χ2n) is 5.92. The van der Waals surface area contributed by atoms with Gasteiger partial charge in [-0.2, -0.15) is 0 Å². The molecule has 0 N–H and O–H groups in total. The van der Waals surface area contributed by atoms with E-state index in [-0.39, 0.29) is 24.5 Å². The minimum atomic E-state index is -0.363. The Labute approximate surface area is 149 Å². The number of hydrogen-bond donors (Lipinski definition) is 0. The highest BCUT2D eigenvalue weighted by Gasteiger charge is 2.35. The first-order valence-electron chi connectivity index (χ1n) is 9.05. The van der Waals surface area contributed by atoms with Crippen molar-refractivity contribution in [2.45, 2.75) is 39.7 Å². The predicted octanol–water partition coefficient (Wildman–Crippen LogP) is 2.32. The largest absolute Gasteiger partial charge is 0.490 e. The molecular weight excluding hydrogens is 320 g/mol. The average Bonchev–Trinajstić information content (AvgIpc) is 3.11. The summed E-state index contributed by atoms with van der Waals surface area (Å²) in [4.78, 5) is 28.6. The smallest absolute Gasteiger partial charge is 0.261 e. The number of carbonyl (C=O) groups excluding carboxylic acids is 2. The number of nitrogens with zero attached hydrogens (tertiary/aromatic N) is 2. The molecule has 1 aromatic rings. The Balaban J connectivity index is 1.99. The van der Waals surface area contributed by atoms with Gasteiger partial charge in [0.1, 0.15) is 6.04 Å². The number of para-hydroxylation sites is 2. The molecule has 1 aliphatic rings. The van der Waals surface area contributed by atoms with E-state index in [1.165, 1.54) is 0 Å². The van der Waals surface area contributed by atoms with Gasteiger partial charge in [0.2, 0.25) is 5.91 Å². The van der Waals surface area contributed by atoms with Crippen molar-refractivity contribution in [1.82, 2.24) is 9.80 Å². The van der Waals surface area contributed by atoms with Gasteiger partial charge in [0, 0.05) is 19.6 Å². The summed E-state index contributed by atoms with van der Waals surface area (Å²) in [6, 6.07) is 6.93. The van der Waals surface area contributed by atoms with Crippen molar-refractivity contribution in [2.75, 3.05) is 32.8 Å². The fourth-order valence-electron chi connectivity index (χ4n) is 3.13. The number of hydrogen-bond acceptors (Lipinski definition) is 4. The minimum Gasteiger partial charge on any atom is -0.490 e. The van der Waals surface area contributed by atoms with Crippen LogP contribution in [0.5, 0.6) is 11.5 Å². The Hall–Kier alpha value is -2.24. The Morgan fingerprint density at radius 2 is 1.76 bits per heavy atom. The van der Waals surface area contributed by atoms with Crippen LogP contribution in [0, 0.1) is 0 Å². The maximum Gasteiger partial charge on any atom is 0.261 e. The molecule has 0 bridgehead atoms. The van der Waals surface area contributed by atoms with Gasteiger partial charge >= 0.3 is 0 Å². The topological polar surface area (TPSA) is 59.1 Å². The van der Waals surface area contributed by atoms with Crippen molar-refractivity contribution >= 4 is 11.8 Å². The molecule has 1 atom stereocenters. The highest BCUT2D eigenvalue weighted by molar-refractivity contribution is 5.88. The summed E-state index contributed by atoms with van der Waals surface area (Å²) in [6.07, 6.45) is 1.57. The van der Waals surface area contributed by atoms with Crippen molar-refractivity contribution < 1.29 is 19.1 Å². The standard InChI is InChI=1S/C19H28N2O4/c1-4-20(5-2)19(23)15-10-9-13-21(15)18(22)14-25-17-12-8-7-11-16(17)24-6-3/h7-8,11-12,15H,4-6,9-10,13-14H2,1-3H3. The zero-order valence-electron chi connectivity index (χ0n) is 15.4. The maximum absolute atomic E-state index is 12.6. The number of rotatable bonds is 8. The van der Waals surface area contributed by atoms with E-state index in [4.69, 9.17) is 9.47 Å². The number of likely N-dealkylation sites (tertiary alicyclic amines) is 1. The number of likely N-dealkylation sites (N-methyl/N-ethyl adjacent to an activating group) is 1. The van der Waals surface area contributed by atoms with Gasteiger partial charge in [-0.15, -0.1) is 0 Å². The van der Waals surface area contributed by atoms with E-state index < -0.39 is 0 Å². The molecule has 1 aromatic carbocycles. The first-order chi connectivity index (χ1) is 12.1. The zero-order chi connectivity index (χ0) is 18.2. The lowest BCUT2D eigenvalue weighted by Gasteiger charge is -2.29. The highest BCUT2D eigenvalue weighted by Crippen LogP contribution is 2.27. The molecule has 1 aliphatic heterocycles. The van der Waals surface area contributed by atoms with Crippen LogP contribution >= 0.6 is 0 Å². The van der Waals surface area contributed by atoms with Gasteiger partial charge in [0.15, 0.2) is 18.1 Å². The van der Waals surface area contributed by atoms with Gasteiger partial charge in [0.25, 0.3) is 5.91 Å². The van der Waals surface area contributed by atoms with E-state index in [0.717, 1.165) is 12.8 Å². The number of ether oxygens (including phenoxy) is 2. The lowest BCUT2D eigenvalue weighted by molar-refractivity contribution is -0.144. The summed E-state index contributed by atoms with van der Waals surface area (Å²) in [5.74, 6) is 1.04. The summed E-state index contributed by atoms with van der Waals surface area (Å²) in [5, 5.41) is 0. The third kappa shape index (κ3) is 4.65. The monoisotopic (exact) mass is 348 g/mol. The van der Waals surface area contributed by atoms with Gasteiger partial charge in [0.05, 0.1) is 6.61 Å². The molecule has 0 spiro atoms. The lowest BCUT2D eigenvalue weighted by atomic mass is 10.2. The van der Waals surface area contributed by atoms with Crippen LogP contribution < -0.4 is 9.47 Å². The van der Waals surface area contributed by atoms with Crippen LogP contribution in [-0.2, 0) is 9.59 Å². The summed E-state index contributed by atoms with van der Waals surface area (Å²) in [7, 11) is 0. The fourth-order valence-corrected chi connectivity index (χ4v) is 3.13. The third-order valence-electron chi connectivity index (χ3n) is 4.43. The molecular formula is C19H28N2O4. The van der Waals surface area contributed by atoms with Crippen LogP contribution in [0.1, 0.15) is 33.6 Å². The first kappa shape index (κ1) is 19.1. The first-order valence-corrected chi connectivity index (χ1v) is 9.05. The Morgan fingerprint density at radius 1 is 1.12 bits per heavy atom. The van der Waals surface area contributed by atoms with E-state index in [2.05, 4.69) is 0 Å². The molecule has 1 fully saturated rings. The summed E-state index contributed by atoms with van der Waals surface area (Å²) in [5.41, 5.74) is 0. The molecule has 1 heterocycles. The van der Waals surface area contributed by atoms with Crippen LogP contribution in [0.15, 0.2) is 24.3 Å². The maximum atomic E-state index is 12.6.